The zero-order chi connectivity index (χ0) is 37.9. The third-order valence-corrected chi connectivity index (χ3v) is 12.5. The SMILES string of the molecule is CC(CN1CCN(CC(C)C(=O)OC2C(C)(C)CNC(Cc3ccccc3)C2(C)C)CC1)C(=O)OC1C(C)(C)CNC(Cc2ccccc2)C1(C)C. The fourth-order valence-electron chi connectivity index (χ4n) is 9.40. The summed E-state index contributed by atoms with van der Waals surface area (Å²) < 4.78 is 12.9. The van der Waals surface area contributed by atoms with Crippen molar-refractivity contribution < 1.29 is 19.1 Å². The summed E-state index contributed by atoms with van der Waals surface area (Å²) in [5, 5.41) is 7.54. The van der Waals surface area contributed by atoms with Gasteiger partial charge in [0.05, 0.1) is 11.8 Å². The van der Waals surface area contributed by atoms with Crippen molar-refractivity contribution in [1.29, 1.82) is 0 Å². The maximum atomic E-state index is 13.6. The van der Waals surface area contributed by atoms with Gasteiger partial charge in [0, 0.05) is 86.1 Å². The van der Waals surface area contributed by atoms with Crippen LogP contribution in [0.2, 0.25) is 0 Å². The van der Waals surface area contributed by atoms with Crippen LogP contribution >= 0.6 is 0 Å². The first-order valence-corrected chi connectivity index (χ1v) is 19.8. The minimum absolute atomic E-state index is 0.111. The van der Waals surface area contributed by atoms with Gasteiger partial charge in [0.2, 0.25) is 0 Å². The maximum Gasteiger partial charge on any atom is 0.310 e. The predicted octanol–water partition coefficient (Wildman–Crippen LogP) is 6.23. The molecule has 0 saturated carbocycles. The van der Waals surface area contributed by atoms with E-state index in [1.807, 2.05) is 26.0 Å². The van der Waals surface area contributed by atoms with Crippen molar-refractivity contribution in [3.63, 3.8) is 0 Å². The normalized spacial score (nSPS) is 28.3. The zero-order valence-corrected chi connectivity index (χ0v) is 33.8. The number of esters is 2. The lowest BCUT2D eigenvalue weighted by Gasteiger charge is -2.53. The standard InChI is InChI=1S/C44H68N4O4/c1-31(37(49)51-39-41(3,4)29-45-35(43(39,7)8)25-33-17-13-11-14-18-33)27-47-21-23-48(24-22-47)28-32(2)38(50)52-40-42(5,6)30-46-36(44(40,9)10)26-34-19-15-12-16-20-34/h11-20,31-32,35-36,39-40,45-46H,21-30H2,1-10H3. The molecule has 2 aromatic rings. The Morgan fingerprint density at radius 3 is 1.27 bits per heavy atom. The average Bonchev–Trinajstić information content (AvgIpc) is 3.09. The van der Waals surface area contributed by atoms with Gasteiger partial charge in [-0.3, -0.25) is 19.4 Å². The maximum absolute atomic E-state index is 13.6. The highest BCUT2D eigenvalue weighted by Crippen LogP contribution is 2.45. The molecule has 8 nitrogen and oxygen atoms in total. The first-order chi connectivity index (χ1) is 24.4. The molecule has 288 valence electrons. The molecule has 6 atom stereocenters. The molecule has 3 fully saturated rings. The topological polar surface area (TPSA) is 83.1 Å². The lowest BCUT2D eigenvalue weighted by molar-refractivity contribution is -0.179. The van der Waals surface area contributed by atoms with Crippen molar-refractivity contribution in [2.45, 2.75) is 106 Å². The van der Waals surface area contributed by atoms with E-state index in [4.69, 9.17) is 9.47 Å². The molecule has 8 heteroatoms. The van der Waals surface area contributed by atoms with E-state index in [0.717, 1.165) is 52.1 Å². The summed E-state index contributed by atoms with van der Waals surface area (Å²) >= 11 is 0. The number of piperidine rings is 2. The van der Waals surface area contributed by atoms with Crippen LogP contribution in [-0.4, -0.2) is 98.4 Å². The predicted molar refractivity (Wildman–Crippen MR) is 210 cm³/mol. The first kappa shape index (κ1) is 40.4. The molecule has 0 bridgehead atoms. The molecule has 0 aliphatic carbocycles. The minimum Gasteiger partial charge on any atom is -0.461 e. The van der Waals surface area contributed by atoms with Gasteiger partial charge < -0.3 is 20.1 Å². The first-order valence-electron chi connectivity index (χ1n) is 19.8. The minimum atomic E-state index is -0.236. The molecule has 0 spiro atoms. The van der Waals surface area contributed by atoms with Crippen molar-refractivity contribution in [1.82, 2.24) is 20.4 Å². The fourth-order valence-corrected chi connectivity index (χ4v) is 9.40. The number of hydrogen-bond donors (Lipinski definition) is 2. The van der Waals surface area contributed by atoms with Crippen LogP contribution < -0.4 is 10.6 Å². The Labute approximate surface area is 314 Å². The molecular weight excluding hydrogens is 649 g/mol. The van der Waals surface area contributed by atoms with E-state index in [-0.39, 0.29) is 69.7 Å². The highest BCUT2D eigenvalue weighted by atomic mass is 16.6. The van der Waals surface area contributed by atoms with Crippen LogP contribution in [0.4, 0.5) is 0 Å². The number of ether oxygens (including phenoxy) is 2. The molecule has 3 heterocycles. The van der Waals surface area contributed by atoms with Gasteiger partial charge in [0.25, 0.3) is 0 Å². The number of rotatable bonds is 12. The summed E-state index contributed by atoms with van der Waals surface area (Å²) in [6, 6.07) is 21.5. The van der Waals surface area contributed by atoms with Gasteiger partial charge in [-0.2, -0.15) is 0 Å². The molecule has 2 N–H and O–H groups in total. The summed E-state index contributed by atoms with van der Waals surface area (Å²) in [5.41, 5.74) is 1.75. The Bertz CT molecular complexity index is 1360. The quantitative estimate of drug-likeness (QED) is 0.250. The van der Waals surface area contributed by atoms with E-state index in [1.54, 1.807) is 0 Å². The Kier molecular flexibility index (Phi) is 12.7. The Hall–Kier alpha value is -2.78. The number of benzene rings is 2. The van der Waals surface area contributed by atoms with Crippen LogP contribution in [0.25, 0.3) is 0 Å². The van der Waals surface area contributed by atoms with Crippen LogP contribution in [0, 0.1) is 33.5 Å². The van der Waals surface area contributed by atoms with Crippen molar-refractivity contribution >= 4 is 11.9 Å². The van der Waals surface area contributed by atoms with Crippen molar-refractivity contribution in [2.24, 2.45) is 33.5 Å². The molecular formula is C44H68N4O4. The van der Waals surface area contributed by atoms with Crippen LogP contribution in [0.5, 0.6) is 0 Å². The molecule has 0 radical (unpaired) electrons. The van der Waals surface area contributed by atoms with Gasteiger partial charge in [-0.05, 0) is 24.0 Å². The van der Waals surface area contributed by atoms with Gasteiger partial charge in [0.1, 0.15) is 12.2 Å². The second-order valence-corrected chi connectivity index (χ2v) is 18.9. The largest absolute Gasteiger partial charge is 0.461 e. The Morgan fingerprint density at radius 2 is 0.942 bits per heavy atom. The highest BCUT2D eigenvalue weighted by Gasteiger charge is 2.53. The van der Waals surface area contributed by atoms with Crippen molar-refractivity contribution in [2.75, 3.05) is 52.4 Å². The monoisotopic (exact) mass is 717 g/mol. The third-order valence-electron chi connectivity index (χ3n) is 12.5. The molecule has 52 heavy (non-hydrogen) atoms. The number of hydrogen-bond acceptors (Lipinski definition) is 8. The number of nitrogens with one attached hydrogen (secondary N) is 2. The van der Waals surface area contributed by atoms with E-state index in [1.165, 1.54) is 11.1 Å². The molecule has 3 aliphatic rings. The zero-order valence-electron chi connectivity index (χ0n) is 33.8. The second kappa shape index (κ2) is 16.3. The molecule has 3 saturated heterocycles. The molecule has 5 rings (SSSR count). The van der Waals surface area contributed by atoms with Gasteiger partial charge in [-0.25, -0.2) is 0 Å². The summed E-state index contributed by atoms with van der Waals surface area (Å²) in [6.45, 7) is 28.2. The number of nitrogens with zero attached hydrogens (tertiary/aromatic N) is 2. The molecule has 3 aliphatic heterocycles. The molecule has 0 aromatic heterocycles. The van der Waals surface area contributed by atoms with Gasteiger partial charge in [-0.15, -0.1) is 0 Å². The van der Waals surface area contributed by atoms with Gasteiger partial charge >= 0.3 is 11.9 Å². The van der Waals surface area contributed by atoms with E-state index in [0.29, 0.717) is 13.1 Å². The highest BCUT2D eigenvalue weighted by molar-refractivity contribution is 5.73. The van der Waals surface area contributed by atoms with E-state index < -0.39 is 0 Å². The smallest absolute Gasteiger partial charge is 0.310 e. The van der Waals surface area contributed by atoms with Crippen LogP contribution in [0.1, 0.15) is 80.4 Å². The number of carbonyl (C=O) groups excluding carboxylic acids is 2. The van der Waals surface area contributed by atoms with Crippen LogP contribution in [0.3, 0.4) is 0 Å². The molecule has 6 unspecified atom stereocenters. The fraction of sp³-hybridized carbons (Fsp3) is 0.682. The van der Waals surface area contributed by atoms with Crippen molar-refractivity contribution in [3.8, 4) is 0 Å². The Morgan fingerprint density at radius 1 is 0.615 bits per heavy atom. The third kappa shape index (κ3) is 9.47. The van der Waals surface area contributed by atoms with Gasteiger partial charge in [-0.1, -0.05) is 130 Å². The number of carbonyl (C=O) groups is 2. The molecule has 0 amide bonds. The Balaban J connectivity index is 1.09. The average molecular weight is 717 g/mol. The summed E-state index contributed by atoms with van der Waals surface area (Å²) in [4.78, 5) is 32.0. The lowest BCUT2D eigenvalue weighted by atomic mass is 9.63. The summed E-state index contributed by atoms with van der Waals surface area (Å²) in [5.74, 6) is -0.672. The number of piperazine rings is 1. The van der Waals surface area contributed by atoms with Crippen LogP contribution in [-0.2, 0) is 31.9 Å². The lowest BCUT2D eigenvalue weighted by Crippen LogP contribution is -2.64. The van der Waals surface area contributed by atoms with Crippen LogP contribution in [0.15, 0.2) is 60.7 Å². The van der Waals surface area contributed by atoms with Gasteiger partial charge in [0.15, 0.2) is 0 Å². The summed E-state index contributed by atoms with van der Waals surface area (Å²) in [6.07, 6.45) is 1.41. The van der Waals surface area contributed by atoms with E-state index in [9.17, 15) is 9.59 Å². The molecule has 2 aromatic carbocycles. The van der Waals surface area contributed by atoms with E-state index in [2.05, 4.69) is 124 Å². The van der Waals surface area contributed by atoms with E-state index >= 15 is 0 Å². The summed E-state index contributed by atoms with van der Waals surface area (Å²) in [7, 11) is 0. The second-order valence-electron chi connectivity index (χ2n) is 18.9. The van der Waals surface area contributed by atoms with Crippen molar-refractivity contribution in [3.05, 3.63) is 71.8 Å².